The summed E-state index contributed by atoms with van der Waals surface area (Å²) in [7, 11) is 0. The van der Waals surface area contributed by atoms with Gasteiger partial charge in [0.05, 0.1) is 6.04 Å². The zero-order valence-electron chi connectivity index (χ0n) is 16.1. The van der Waals surface area contributed by atoms with Gasteiger partial charge in [-0.2, -0.15) is 0 Å². The highest BCUT2D eigenvalue weighted by Gasteiger charge is 2.21. The number of benzene rings is 2. The number of nitrogens with one attached hydrogen (secondary N) is 1. The molecule has 0 saturated heterocycles. The van der Waals surface area contributed by atoms with E-state index in [0.29, 0.717) is 6.42 Å². The van der Waals surface area contributed by atoms with Crippen molar-refractivity contribution in [2.45, 2.75) is 60.1 Å². The Labute approximate surface area is 151 Å². The molecule has 25 heavy (non-hydrogen) atoms. The Hall–Kier alpha value is -2.29. The number of aryl methyl sites for hydroxylation is 4. The van der Waals surface area contributed by atoms with Gasteiger partial charge in [-0.25, -0.2) is 0 Å². The molecular formula is C22H29NO2. The number of rotatable bonds is 6. The van der Waals surface area contributed by atoms with E-state index in [1.54, 1.807) is 0 Å². The van der Waals surface area contributed by atoms with Gasteiger partial charge >= 0.3 is 0 Å². The van der Waals surface area contributed by atoms with Crippen LogP contribution in [0.3, 0.4) is 0 Å². The summed E-state index contributed by atoms with van der Waals surface area (Å²) in [6, 6.07) is 12.3. The smallest absolute Gasteiger partial charge is 0.261 e. The quantitative estimate of drug-likeness (QED) is 0.808. The second-order valence-corrected chi connectivity index (χ2v) is 6.93. The Morgan fingerprint density at radius 1 is 1.00 bits per heavy atom. The van der Waals surface area contributed by atoms with Crippen LogP contribution in [0.1, 0.15) is 54.1 Å². The fourth-order valence-corrected chi connectivity index (χ4v) is 3.10. The molecule has 0 aliphatic heterocycles. The van der Waals surface area contributed by atoms with Crippen molar-refractivity contribution in [2.24, 2.45) is 0 Å². The predicted octanol–water partition coefficient (Wildman–Crippen LogP) is 4.96. The maximum absolute atomic E-state index is 12.7. The summed E-state index contributed by atoms with van der Waals surface area (Å²) < 4.78 is 5.97. The van der Waals surface area contributed by atoms with E-state index in [1.165, 1.54) is 11.1 Å². The molecule has 3 heteroatoms. The fraction of sp³-hybridized carbons (Fsp3) is 0.409. The van der Waals surface area contributed by atoms with Crippen molar-refractivity contribution >= 4 is 5.91 Å². The number of amides is 1. The Morgan fingerprint density at radius 2 is 1.64 bits per heavy atom. The molecule has 0 aliphatic rings. The molecule has 0 saturated carbocycles. The normalized spacial score (nSPS) is 13.2. The summed E-state index contributed by atoms with van der Waals surface area (Å²) in [5.74, 6) is 0.675. The fourth-order valence-electron chi connectivity index (χ4n) is 3.10. The molecule has 0 aromatic heterocycles. The molecule has 2 unspecified atom stereocenters. The maximum Gasteiger partial charge on any atom is 0.261 e. The third-order valence-corrected chi connectivity index (χ3v) is 4.40. The van der Waals surface area contributed by atoms with Crippen LogP contribution in [0.25, 0.3) is 0 Å². The summed E-state index contributed by atoms with van der Waals surface area (Å²) >= 11 is 0. The average molecular weight is 339 g/mol. The van der Waals surface area contributed by atoms with Gasteiger partial charge in [0.1, 0.15) is 5.75 Å². The van der Waals surface area contributed by atoms with Gasteiger partial charge in [-0.15, -0.1) is 0 Å². The topological polar surface area (TPSA) is 38.3 Å². The summed E-state index contributed by atoms with van der Waals surface area (Å²) in [5, 5.41) is 3.10. The van der Waals surface area contributed by atoms with Crippen molar-refractivity contribution in [1.82, 2.24) is 5.32 Å². The second kappa shape index (κ2) is 8.19. The van der Waals surface area contributed by atoms with Crippen LogP contribution in [0.15, 0.2) is 36.4 Å². The van der Waals surface area contributed by atoms with Gasteiger partial charge in [0.25, 0.3) is 5.91 Å². The van der Waals surface area contributed by atoms with Crippen LogP contribution >= 0.6 is 0 Å². The molecule has 0 fully saturated rings. The van der Waals surface area contributed by atoms with Gasteiger partial charge in [-0.1, -0.05) is 36.8 Å². The summed E-state index contributed by atoms with van der Waals surface area (Å²) in [4.78, 5) is 12.7. The first-order chi connectivity index (χ1) is 11.8. The summed E-state index contributed by atoms with van der Waals surface area (Å²) in [6.45, 7) is 12.2. The lowest BCUT2D eigenvalue weighted by atomic mass is 10.00. The molecule has 0 spiro atoms. The lowest BCUT2D eigenvalue weighted by Crippen LogP contribution is -2.39. The highest BCUT2D eigenvalue weighted by molar-refractivity contribution is 5.81. The van der Waals surface area contributed by atoms with Crippen molar-refractivity contribution in [1.29, 1.82) is 0 Å². The number of hydrogen-bond acceptors (Lipinski definition) is 2. The van der Waals surface area contributed by atoms with Gasteiger partial charge < -0.3 is 10.1 Å². The highest BCUT2D eigenvalue weighted by Crippen LogP contribution is 2.21. The Kier molecular flexibility index (Phi) is 6.24. The minimum absolute atomic E-state index is 0.0516. The van der Waals surface area contributed by atoms with Crippen LogP contribution in [0.2, 0.25) is 0 Å². The SMILES string of the molecule is CCC(Oc1cc(C)cc(C)c1)C(=O)NC(C)c1cc(C)ccc1C. The molecule has 134 valence electrons. The summed E-state index contributed by atoms with van der Waals surface area (Å²) in [5.41, 5.74) is 5.79. The van der Waals surface area contributed by atoms with Crippen LogP contribution in [-0.4, -0.2) is 12.0 Å². The lowest BCUT2D eigenvalue weighted by Gasteiger charge is -2.22. The van der Waals surface area contributed by atoms with Crippen molar-refractivity contribution in [3.8, 4) is 5.75 Å². The number of hydrogen-bond donors (Lipinski definition) is 1. The molecule has 2 aromatic carbocycles. The zero-order chi connectivity index (χ0) is 18.6. The Balaban J connectivity index is 2.10. The number of carbonyl (C=O) groups excluding carboxylic acids is 1. The first-order valence-electron chi connectivity index (χ1n) is 8.92. The van der Waals surface area contributed by atoms with E-state index in [4.69, 9.17) is 4.74 Å². The second-order valence-electron chi connectivity index (χ2n) is 6.93. The van der Waals surface area contributed by atoms with E-state index < -0.39 is 6.10 Å². The van der Waals surface area contributed by atoms with Crippen LogP contribution < -0.4 is 10.1 Å². The minimum Gasteiger partial charge on any atom is -0.481 e. The van der Waals surface area contributed by atoms with Crippen molar-refractivity contribution < 1.29 is 9.53 Å². The minimum atomic E-state index is -0.492. The highest BCUT2D eigenvalue weighted by atomic mass is 16.5. The molecule has 2 rings (SSSR count). The monoisotopic (exact) mass is 339 g/mol. The van der Waals surface area contributed by atoms with Crippen LogP contribution in [0.4, 0.5) is 0 Å². The third-order valence-electron chi connectivity index (χ3n) is 4.40. The molecule has 1 amide bonds. The molecule has 0 heterocycles. The van der Waals surface area contributed by atoms with Crippen LogP contribution in [-0.2, 0) is 4.79 Å². The van der Waals surface area contributed by atoms with Crippen molar-refractivity contribution in [3.63, 3.8) is 0 Å². The number of carbonyl (C=O) groups is 1. The molecule has 0 bridgehead atoms. The van der Waals surface area contributed by atoms with E-state index in [0.717, 1.165) is 22.4 Å². The predicted molar refractivity (Wildman–Crippen MR) is 103 cm³/mol. The summed E-state index contributed by atoms with van der Waals surface area (Å²) in [6.07, 6.45) is 0.131. The largest absolute Gasteiger partial charge is 0.481 e. The van der Waals surface area contributed by atoms with Crippen molar-refractivity contribution in [2.75, 3.05) is 0 Å². The van der Waals surface area contributed by atoms with Crippen molar-refractivity contribution in [3.05, 3.63) is 64.2 Å². The van der Waals surface area contributed by atoms with Gasteiger partial charge in [0.15, 0.2) is 6.10 Å². The lowest BCUT2D eigenvalue weighted by molar-refractivity contribution is -0.128. The third kappa shape index (κ3) is 5.09. The van der Waals surface area contributed by atoms with E-state index in [-0.39, 0.29) is 11.9 Å². The standard InChI is InChI=1S/C22H29NO2/c1-7-21(25-19-11-15(3)10-16(4)12-19)22(24)23-18(6)20-13-14(2)8-9-17(20)5/h8-13,18,21H,7H2,1-6H3,(H,23,24). The molecule has 2 aromatic rings. The molecule has 0 aliphatic carbocycles. The molecule has 2 atom stereocenters. The number of ether oxygens (including phenoxy) is 1. The van der Waals surface area contributed by atoms with Crippen LogP contribution in [0.5, 0.6) is 5.75 Å². The molecular weight excluding hydrogens is 310 g/mol. The van der Waals surface area contributed by atoms with Crippen LogP contribution in [0, 0.1) is 27.7 Å². The van der Waals surface area contributed by atoms with E-state index in [2.05, 4.69) is 43.4 Å². The van der Waals surface area contributed by atoms with Gasteiger partial charge in [-0.3, -0.25) is 4.79 Å². The van der Waals surface area contributed by atoms with Gasteiger partial charge in [0.2, 0.25) is 0 Å². The maximum atomic E-state index is 12.7. The van der Waals surface area contributed by atoms with E-state index in [9.17, 15) is 4.79 Å². The molecule has 1 N–H and O–H groups in total. The van der Waals surface area contributed by atoms with Gasteiger partial charge in [-0.05, 0) is 75.4 Å². The molecule has 0 radical (unpaired) electrons. The molecule has 3 nitrogen and oxygen atoms in total. The van der Waals surface area contributed by atoms with Gasteiger partial charge in [0, 0.05) is 0 Å². The average Bonchev–Trinajstić information content (AvgIpc) is 2.53. The Morgan fingerprint density at radius 3 is 2.24 bits per heavy atom. The first kappa shape index (κ1) is 19.0. The first-order valence-corrected chi connectivity index (χ1v) is 8.92. The zero-order valence-corrected chi connectivity index (χ0v) is 16.1. The van der Waals surface area contributed by atoms with E-state index in [1.807, 2.05) is 39.8 Å². The Bertz CT molecular complexity index is 731. The van der Waals surface area contributed by atoms with E-state index >= 15 is 0 Å².